The molecule has 0 aliphatic heterocycles. The predicted molar refractivity (Wildman–Crippen MR) is 40.9 cm³/mol. The van der Waals surface area contributed by atoms with Crippen molar-refractivity contribution in [3.05, 3.63) is 11.6 Å². The highest BCUT2D eigenvalue weighted by Gasteiger charge is 2.11. The van der Waals surface area contributed by atoms with E-state index in [2.05, 4.69) is 11.4 Å². The van der Waals surface area contributed by atoms with Crippen LogP contribution in [0.25, 0.3) is 0 Å². The Labute approximate surface area is 61.3 Å². The maximum atomic E-state index is 11.1. The van der Waals surface area contributed by atoms with Gasteiger partial charge in [0.15, 0.2) is 5.78 Å². The number of ketones is 1. The minimum atomic E-state index is 0.264. The minimum absolute atomic E-state index is 0.264. The quantitative estimate of drug-likeness (QED) is 0.629. The lowest BCUT2D eigenvalue weighted by Gasteiger charge is -1.97. The summed E-state index contributed by atoms with van der Waals surface area (Å²) in [6.07, 6.45) is 5.29. The van der Waals surface area contributed by atoms with Gasteiger partial charge in [-0.25, -0.2) is 0 Å². The first-order chi connectivity index (χ1) is 4.84. The Kier molecular flexibility index (Phi) is 2.63. The van der Waals surface area contributed by atoms with Gasteiger partial charge < -0.3 is 5.32 Å². The van der Waals surface area contributed by atoms with E-state index in [1.165, 1.54) is 0 Å². The summed E-state index contributed by atoms with van der Waals surface area (Å²) in [6, 6.07) is 0. The lowest BCUT2D eigenvalue weighted by molar-refractivity contribution is -0.114. The van der Waals surface area contributed by atoms with Crippen molar-refractivity contribution < 1.29 is 4.79 Å². The van der Waals surface area contributed by atoms with Gasteiger partial charge in [0.05, 0.1) is 6.54 Å². The van der Waals surface area contributed by atoms with E-state index < -0.39 is 0 Å². The molecular weight excluding hydrogens is 126 g/mol. The van der Waals surface area contributed by atoms with E-state index in [0.717, 1.165) is 24.8 Å². The average Bonchev–Trinajstić information content (AvgIpc) is 2.38. The van der Waals surface area contributed by atoms with Gasteiger partial charge in [-0.2, -0.15) is 0 Å². The van der Waals surface area contributed by atoms with Crippen LogP contribution in [0.3, 0.4) is 0 Å². The van der Waals surface area contributed by atoms with Crippen LogP contribution in [0.4, 0.5) is 0 Å². The van der Waals surface area contributed by atoms with Crippen LogP contribution >= 0.6 is 0 Å². The van der Waals surface area contributed by atoms with E-state index in [4.69, 9.17) is 0 Å². The number of nitrogens with one attached hydrogen (secondary N) is 1. The number of rotatable bonds is 3. The van der Waals surface area contributed by atoms with Crippen molar-refractivity contribution in [2.45, 2.75) is 19.3 Å². The molecule has 0 unspecified atom stereocenters. The van der Waals surface area contributed by atoms with E-state index in [-0.39, 0.29) is 5.78 Å². The van der Waals surface area contributed by atoms with E-state index in [9.17, 15) is 4.79 Å². The van der Waals surface area contributed by atoms with Crippen LogP contribution < -0.4 is 5.32 Å². The third kappa shape index (κ3) is 1.67. The molecule has 0 fully saturated rings. The van der Waals surface area contributed by atoms with E-state index in [1.54, 1.807) is 7.05 Å². The molecular formula is C8H13NO. The van der Waals surface area contributed by atoms with Gasteiger partial charge in [-0.15, -0.1) is 0 Å². The van der Waals surface area contributed by atoms with E-state index >= 15 is 0 Å². The van der Waals surface area contributed by atoms with Crippen molar-refractivity contribution in [3.8, 4) is 0 Å². The number of carbonyl (C=O) groups is 1. The van der Waals surface area contributed by atoms with Crippen LogP contribution in [-0.2, 0) is 4.79 Å². The highest BCUT2D eigenvalue weighted by atomic mass is 16.1. The third-order valence-corrected chi connectivity index (χ3v) is 1.74. The van der Waals surface area contributed by atoms with Gasteiger partial charge in [0, 0.05) is 0 Å². The number of Topliss-reactive ketones (excluding diaryl/α,β-unsaturated/α-hetero) is 1. The molecule has 0 aromatic rings. The molecule has 0 saturated carbocycles. The maximum Gasteiger partial charge on any atom is 0.172 e. The SMILES string of the molecule is CNCC(=O)C1=CCCC1. The minimum Gasteiger partial charge on any atom is -0.313 e. The molecule has 1 aliphatic rings. The smallest absolute Gasteiger partial charge is 0.172 e. The molecule has 1 rings (SSSR count). The molecule has 0 atom stereocenters. The molecule has 56 valence electrons. The first-order valence-electron chi connectivity index (χ1n) is 3.71. The number of allylic oxidation sites excluding steroid dienone is 1. The molecule has 1 N–H and O–H groups in total. The molecule has 2 nitrogen and oxygen atoms in total. The molecule has 0 saturated heterocycles. The Morgan fingerprint density at radius 3 is 3.10 bits per heavy atom. The molecule has 0 amide bonds. The molecule has 0 aromatic heterocycles. The van der Waals surface area contributed by atoms with Gasteiger partial charge in [0.25, 0.3) is 0 Å². The molecule has 0 spiro atoms. The zero-order valence-electron chi connectivity index (χ0n) is 6.31. The third-order valence-electron chi connectivity index (χ3n) is 1.74. The van der Waals surface area contributed by atoms with Crippen molar-refractivity contribution in [1.82, 2.24) is 5.32 Å². The van der Waals surface area contributed by atoms with Gasteiger partial charge in [-0.3, -0.25) is 4.79 Å². The second kappa shape index (κ2) is 3.52. The monoisotopic (exact) mass is 139 g/mol. The van der Waals surface area contributed by atoms with Crippen molar-refractivity contribution in [1.29, 1.82) is 0 Å². The second-order valence-electron chi connectivity index (χ2n) is 2.58. The summed E-state index contributed by atoms with van der Waals surface area (Å²) in [7, 11) is 1.80. The Bertz CT molecular complexity index is 161. The zero-order chi connectivity index (χ0) is 7.40. The van der Waals surface area contributed by atoms with Crippen molar-refractivity contribution in [2.75, 3.05) is 13.6 Å². The summed E-state index contributed by atoms with van der Waals surface area (Å²) in [5.74, 6) is 0.264. The predicted octanol–water partition coefficient (Wildman–Crippen LogP) is 0.885. The van der Waals surface area contributed by atoms with Gasteiger partial charge in [0.1, 0.15) is 0 Å². The first kappa shape index (κ1) is 7.48. The zero-order valence-corrected chi connectivity index (χ0v) is 6.31. The highest BCUT2D eigenvalue weighted by molar-refractivity contribution is 5.97. The Morgan fingerprint density at radius 2 is 2.60 bits per heavy atom. The lowest BCUT2D eigenvalue weighted by atomic mass is 10.1. The molecule has 2 heteroatoms. The van der Waals surface area contributed by atoms with Crippen molar-refractivity contribution >= 4 is 5.78 Å². The Morgan fingerprint density at radius 1 is 1.80 bits per heavy atom. The van der Waals surface area contributed by atoms with Gasteiger partial charge in [-0.1, -0.05) is 6.08 Å². The van der Waals surface area contributed by atoms with E-state index in [0.29, 0.717) is 6.54 Å². The summed E-state index contributed by atoms with van der Waals surface area (Å²) in [4.78, 5) is 11.1. The standard InChI is InChI=1S/C8H13NO/c1-9-6-8(10)7-4-2-3-5-7/h4,9H,2-3,5-6H2,1H3. The van der Waals surface area contributed by atoms with Crippen LogP contribution in [0.15, 0.2) is 11.6 Å². The van der Waals surface area contributed by atoms with Gasteiger partial charge in [0.2, 0.25) is 0 Å². The summed E-state index contributed by atoms with van der Waals surface area (Å²) < 4.78 is 0. The average molecular weight is 139 g/mol. The van der Waals surface area contributed by atoms with Crippen LogP contribution in [0.5, 0.6) is 0 Å². The highest BCUT2D eigenvalue weighted by Crippen LogP contribution is 2.17. The van der Waals surface area contributed by atoms with Gasteiger partial charge in [-0.05, 0) is 31.9 Å². The largest absolute Gasteiger partial charge is 0.313 e. The molecule has 10 heavy (non-hydrogen) atoms. The first-order valence-corrected chi connectivity index (χ1v) is 3.71. The second-order valence-corrected chi connectivity index (χ2v) is 2.58. The topological polar surface area (TPSA) is 29.1 Å². The van der Waals surface area contributed by atoms with Crippen LogP contribution in [0.1, 0.15) is 19.3 Å². The summed E-state index contributed by atoms with van der Waals surface area (Å²) in [5.41, 5.74) is 1.02. The molecule has 0 bridgehead atoms. The molecule has 0 heterocycles. The Balaban J connectivity index is 2.40. The molecule has 0 radical (unpaired) electrons. The molecule has 0 aromatic carbocycles. The number of carbonyl (C=O) groups excluding carboxylic acids is 1. The lowest BCUT2D eigenvalue weighted by Crippen LogP contribution is -2.19. The van der Waals surface area contributed by atoms with Gasteiger partial charge >= 0.3 is 0 Å². The maximum absolute atomic E-state index is 11.1. The van der Waals surface area contributed by atoms with Crippen LogP contribution in [0, 0.1) is 0 Å². The number of likely N-dealkylation sites (N-methyl/N-ethyl adjacent to an activating group) is 1. The number of hydrogen-bond donors (Lipinski definition) is 1. The van der Waals surface area contributed by atoms with Crippen molar-refractivity contribution in [2.24, 2.45) is 0 Å². The molecule has 1 aliphatic carbocycles. The normalized spacial score (nSPS) is 17.1. The van der Waals surface area contributed by atoms with Crippen LogP contribution in [0.2, 0.25) is 0 Å². The fraction of sp³-hybridized carbons (Fsp3) is 0.625. The fourth-order valence-corrected chi connectivity index (χ4v) is 1.20. The van der Waals surface area contributed by atoms with E-state index in [1.807, 2.05) is 0 Å². The van der Waals surface area contributed by atoms with Crippen LogP contribution in [-0.4, -0.2) is 19.4 Å². The Hall–Kier alpha value is -0.630. The summed E-state index contributed by atoms with van der Waals surface area (Å²) >= 11 is 0. The summed E-state index contributed by atoms with van der Waals surface area (Å²) in [6.45, 7) is 0.492. The van der Waals surface area contributed by atoms with Crippen molar-refractivity contribution in [3.63, 3.8) is 0 Å². The fourth-order valence-electron chi connectivity index (χ4n) is 1.20. The summed E-state index contributed by atoms with van der Waals surface area (Å²) in [5, 5.41) is 2.85. The number of hydrogen-bond acceptors (Lipinski definition) is 2.